The van der Waals surface area contributed by atoms with Crippen molar-refractivity contribution in [2.24, 2.45) is 0 Å². The Morgan fingerprint density at radius 3 is 2.23 bits per heavy atom. The highest BCUT2D eigenvalue weighted by Gasteiger charge is 2.32. The Kier molecular flexibility index (Phi) is 2.55. The molecule has 13 heavy (non-hydrogen) atoms. The van der Waals surface area contributed by atoms with Gasteiger partial charge in [-0.3, -0.25) is 0 Å². The van der Waals surface area contributed by atoms with E-state index in [1.54, 1.807) is 24.3 Å². The fourth-order valence-electron chi connectivity index (χ4n) is 1.20. The van der Waals surface area contributed by atoms with Gasteiger partial charge >= 0.3 is 0 Å². The van der Waals surface area contributed by atoms with Crippen LogP contribution in [-0.4, -0.2) is 6.43 Å². The molecule has 0 bridgehead atoms. The normalized spacial score (nSPS) is 12.1. The number of anilines is 1. The number of hydrogen-bond donors (Lipinski definition) is 1. The minimum atomic E-state index is -2.41. The number of rotatable bonds is 2. The Morgan fingerprint density at radius 1 is 1.23 bits per heavy atom. The Morgan fingerprint density at radius 2 is 1.77 bits per heavy atom. The first-order valence-electron chi connectivity index (χ1n) is 4.09. The monoisotopic (exact) mass is 185 g/mol. The second kappa shape index (κ2) is 3.32. The van der Waals surface area contributed by atoms with E-state index >= 15 is 0 Å². The van der Waals surface area contributed by atoms with E-state index in [9.17, 15) is 8.78 Å². The quantitative estimate of drug-likeness (QED) is 0.704. The van der Waals surface area contributed by atoms with Crippen molar-refractivity contribution in [1.82, 2.24) is 0 Å². The zero-order chi connectivity index (χ0) is 10.1. The summed E-state index contributed by atoms with van der Waals surface area (Å²) in [4.78, 5) is 0. The summed E-state index contributed by atoms with van der Waals surface area (Å²) in [5.41, 5.74) is 5.36. The van der Waals surface area contributed by atoms with Crippen molar-refractivity contribution in [1.29, 1.82) is 0 Å². The van der Waals surface area contributed by atoms with E-state index in [0.717, 1.165) is 0 Å². The standard InChI is InChI=1S/C10H13F2N/c1-10(2,9(11)12)7-5-3-4-6-8(7)13/h3-6,9H,13H2,1-2H3. The van der Waals surface area contributed by atoms with Crippen LogP contribution in [0.3, 0.4) is 0 Å². The fourth-order valence-corrected chi connectivity index (χ4v) is 1.20. The van der Waals surface area contributed by atoms with Crippen LogP contribution < -0.4 is 5.73 Å². The molecule has 0 aliphatic carbocycles. The van der Waals surface area contributed by atoms with E-state index in [1.165, 1.54) is 13.8 Å². The molecule has 0 saturated carbocycles. The topological polar surface area (TPSA) is 26.0 Å². The number of hydrogen-bond acceptors (Lipinski definition) is 1. The first-order chi connectivity index (χ1) is 5.96. The molecule has 0 unspecified atom stereocenters. The van der Waals surface area contributed by atoms with Crippen LogP contribution in [0.4, 0.5) is 14.5 Å². The molecule has 1 nitrogen and oxygen atoms in total. The maximum Gasteiger partial charge on any atom is 0.247 e. The Bertz CT molecular complexity index is 295. The Balaban J connectivity index is 3.14. The van der Waals surface area contributed by atoms with Crippen LogP contribution in [0, 0.1) is 0 Å². The largest absolute Gasteiger partial charge is 0.398 e. The molecule has 3 heteroatoms. The van der Waals surface area contributed by atoms with Crippen molar-refractivity contribution >= 4 is 5.69 Å². The summed E-state index contributed by atoms with van der Waals surface area (Å²) in [6.07, 6.45) is -2.41. The van der Waals surface area contributed by atoms with E-state index in [1.807, 2.05) is 0 Å². The number of alkyl halides is 2. The minimum Gasteiger partial charge on any atom is -0.398 e. The Labute approximate surface area is 76.6 Å². The number of nitrogens with two attached hydrogens (primary N) is 1. The van der Waals surface area contributed by atoms with Crippen LogP contribution in [0.15, 0.2) is 24.3 Å². The van der Waals surface area contributed by atoms with Crippen molar-refractivity contribution < 1.29 is 8.78 Å². The van der Waals surface area contributed by atoms with Crippen molar-refractivity contribution in [2.45, 2.75) is 25.7 Å². The third kappa shape index (κ3) is 1.79. The highest BCUT2D eigenvalue weighted by atomic mass is 19.3. The number of para-hydroxylation sites is 1. The lowest BCUT2D eigenvalue weighted by Gasteiger charge is -2.25. The summed E-state index contributed by atoms with van der Waals surface area (Å²) >= 11 is 0. The van der Waals surface area contributed by atoms with Gasteiger partial charge in [0, 0.05) is 5.69 Å². The molecule has 1 rings (SSSR count). The summed E-state index contributed by atoms with van der Waals surface area (Å²) in [7, 11) is 0. The van der Waals surface area contributed by atoms with Gasteiger partial charge < -0.3 is 5.73 Å². The van der Waals surface area contributed by atoms with Crippen LogP contribution in [0.25, 0.3) is 0 Å². The summed E-state index contributed by atoms with van der Waals surface area (Å²) in [5, 5.41) is 0. The molecule has 0 radical (unpaired) electrons. The molecule has 0 saturated heterocycles. The van der Waals surface area contributed by atoms with Crippen LogP contribution in [-0.2, 0) is 5.41 Å². The van der Waals surface area contributed by atoms with Gasteiger partial charge in [-0.05, 0) is 11.6 Å². The first-order valence-corrected chi connectivity index (χ1v) is 4.09. The molecule has 0 spiro atoms. The van der Waals surface area contributed by atoms with Gasteiger partial charge in [0.25, 0.3) is 0 Å². The average Bonchev–Trinajstić information content (AvgIpc) is 2.04. The van der Waals surface area contributed by atoms with Gasteiger partial charge in [0.1, 0.15) is 0 Å². The van der Waals surface area contributed by atoms with Crippen LogP contribution in [0.1, 0.15) is 19.4 Å². The van der Waals surface area contributed by atoms with Crippen molar-refractivity contribution in [3.8, 4) is 0 Å². The molecule has 1 aromatic rings. The second-order valence-electron chi connectivity index (χ2n) is 3.61. The molecule has 2 N–H and O–H groups in total. The molecule has 0 fully saturated rings. The van der Waals surface area contributed by atoms with Gasteiger partial charge in [-0.1, -0.05) is 32.0 Å². The lowest BCUT2D eigenvalue weighted by atomic mass is 9.84. The van der Waals surface area contributed by atoms with Gasteiger partial charge in [0.2, 0.25) is 6.43 Å². The van der Waals surface area contributed by atoms with Crippen molar-refractivity contribution in [3.05, 3.63) is 29.8 Å². The molecule has 72 valence electrons. The number of benzene rings is 1. The van der Waals surface area contributed by atoms with Gasteiger partial charge in [0.05, 0.1) is 5.41 Å². The van der Waals surface area contributed by atoms with E-state index in [2.05, 4.69) is 0 Å². The van der Waals surface area contributed by atoms with Crippen molar-refractivity contribution in [2.75, 3.05) is 5.73 Å². The summed E-state index contributed by atoms with van der Waals surface area (Å²) in [5.74, 6) is 0. The smallest absolute Gasteiger partial charge is 0.247 e. The molecule has 0 aliphatic heterocycles. The van der Waals surface area contributed by atoms with Gasteiger partial charge in [-0.15, -0.1) is 0 Å². The zero-order valence-corrected chi connectivity index (χ0v) is 7.72. The SMILES string of the molecule is CC(C)(c1ccccc1N)C(F)F. The third-order valence-electron chi connectivity index (χ3n) is 2.20. The summed E-state index contributed by atoms with van der Waals surface area (Å²) in [6, 6.07) is 6.73. The van der Waals surface area contributed by atoms with E-state index < -0.39 is 11.8 Å². The fraction of sp³-hybridized carbons (Fsp3) is 0.400. The highest BCUT2D eigenvalue weighted by Crippen LogP contribution is 2.33. The Hall–Kier alpha value is -1.12. The number of halogens is 2. The number of nitrogen functional groups attached to an aromatic ring is 1. The van der Waals surface area contributed by atoms with Crippen LogP contribution in [0.5, 0.6) is 0 Å². The second-order valence-corrected chi connectivity index (χ2v) is 3.61. The predicted molar refractivity (Wildman–Crippen MR) is 49.9 cm³/mol. The molecule has 0 amide bonds. The third-order valence-corrected chi connectivity index (χ3v) is 2.20. The van der Waals surface area contributed by atoms with E-state index in [-0.39, 0.29) is 0 Å². The molecule has 0 atom stereocenters. The predicted octanol–water partition coefficient (Wildman–Crippen LogP) is 2.81. The first kappa shape index (κ1) is 9.96. The van der Waals surface area contributed by atoms with Crippen molar-refractivity contribution in [3.63, 3.8) is 0 Å². The lowest BCUT2D eigenvalue weighted by molar-refractivity contribution is 0.0697. The minimum absolute atomic E-state index is 0.424. The molecule has 0 aromatic heterocycles. The molecular weight excluding hydrogens is 172 g/mol. The average molecular weight is 185 g/mol. The molecule has 0 aliphatic rings. The van der Waals surface area contributed by atoms with E-state index in [0.29, 0.717) is 11.3 Å². The lowest BCUT2D eigenvalue weighted by Crippen LogP contribution is -2.27. The zero-order valence-electron chi connectivity index (χ0n) is 7.72. The molecule has 1 aromatic carbocycles. The molecule has 0 heterocycles. The van der Waals surface area contributed by atoms with Gasteiger partial charge in [-0.2, -0.15) is 0 Å². The highest BCUT2D eigenvalue weighted by molar-refractivity contribution is 5.50. The maximum absolute atomic E-state index is 12.6. The van der Waals surface area contributed by atoms with Gasteiger partial charge in [-0.25, -0.2) is 8.78 Å². The van der Waals surface area contributed by atoms with Crippen LogP contribution >= 0.6 is 0 Å². The summed E-state index contributed by atoms with van der Waals surface area (Å²) < 4.78 is 25.2. The maximum atomic E-state index is 12.6. The summed E-state index contributed by atoms with van der Waals surface area (Å²) in [6.45, 7) is 2.98. The van der Waals surface area contributed by atoms with Crippen LogP contribution in [0.2, 0.25) is 0 Å². The molecular formula is C10H13F2N. The van der Waals surface area contributed by atoms with Gasteiger partial charge in [0.15, 0.2) is 0 Å². The van der Waals surface area contributed by atoms with E-state index in [4.69, 9.17) is 5.73 Å².